The maximum absolute atomic E-state index is 12.9. The van der Waals surface area contributed by atoms with Gasteiger partial charge in [0, 0.05) is 11.8 Å². The second-order valence-electron chi connectivity index (χ2n) is 11.3. The smallest absolute Gasteiger partial charge is 0.456 e. The van der Waals surface area contributed by atoms with E-state index in [4.69, 9.17) is 9.47 Å². The predicted molar refractivity (Wildman–Crippen MR) is 150 cm³/mol. The van der Waals surface area contributed by atoms with Crippen LogP contribution in [0.15, 0.2) is 60.7 Å². The molecular formula is C34H38FeO4+2. The topological polar surface area (TPSA) is 52.6 Å². The van der Waals surface area contributed by atoms with Gasteiger partial charge in [-0.1, -0.05) is 60.7 Å². The standard InChI is InChI=1S/C29H33O4.C5H5.Fe/c1-28(2,3)26(30)32-24(20-14-9-7-10-15-20)22-18-13-19-23(22)25(21-16-11-8-12-17-21)33-27(31)29(4,5)6;1-2-4-5-3-1;/h7-19,24-25H,1-6H3;1-5H;/q;;+2/t24-,25-;;/m0../s1. The van der Waals surface area contributed by atoms with Gasteiger partial charge in [-0.3, -0.25) is 9.59 Å². The number of hydrogen-bond donors (Lipinski definition) is 0. The van der Waals surface area contributed by atoms with Crippen molar-refractivity contribution in [2.24, 2.45) is 10.8 Å². The first-order valence-electron chi connectivity index (χ1n) is 12.9. The molecule has 4 rings (SSSR count). The normalized spacial score (nSPS) is 17.8. The average molecular weight is 567 g/mol. The van der Waals surface area contributed by atoms with E-state index in [1.165, 1.54) is 0 Å². The van der Waals surface area contributed by atoms with E-state index in [0.29, 0.717) is 0 Å². The summed E-state index contributed by atoms with van der Waals surface area (Å²) < 4.78 is 12.1. The third-order valence-corrected chi connectivity index (χ3v) is 5.88. The zero-order valence-electron chi connectivity index (χ0n) is 23.5. The molecule has 0 bridgehead atoms. The third-order valence-electron chi connectivity index (χ3n) is 5.88. The first kappa shape index (κ1) is 33.1. The van der Waals surface area contributed by atoms with Crippen LogP contribution < -0.4 is 0 Å². The fourth-order valence-corrected chi connectivity index (χ4v) is 3.69. The van der Waals surface area contributed by atoms with Gasteiger partial charge in [-0.15, -0.1) is 0 Å². The fourth-order valence-electron chi connectivity index (χ4n) is 3.69. The summed E-state index contributed by atoms with van der Waals surface area (Å²) in [5.74, 6) is 1.00. The summed E-state index contributed by atoms with van der Waals surface area (Å²) in [6.07, 6.45) is 14.5. The summed E-state index contributed by atoms with van der Waals surface area (Å²) in [4.78, 5) is 25.8. The molecule has 0 amide bonds. The Morgan fingerprint density at radius 2 is 0.846 bits per heavy atom. The van der Waals surface area contributed by atoms with Crippen molar-refractivity contribution in [2.45, 2.75) is 53.8 Å². The minimum Gasteiger partial charge on any atom is -0.456 e. The zero-order valence-corrected chi connectivity index (χ0v) is 24.6. The van der Waals surface area contributed by atoms with Crippen molar-refractivity contribution in [1.29, 1.82) is 0 Å². The number of carbonyl (C=O) groups is 2. The van der Waals surface area contributed by atoms with Crippen LogP contribution in [0.3, 0.4) is 0 Å². The van der Waals surface area contributed by atoms with Gasteiger partial charge < -0.3 is 9.47 Å². The van der Waals surface area contributed by atoms with Crippen LogP contribution in [0.25, 0.3) is 0 Å². The van der Waals surface area contributed by atoms with Crippen molar-refractivity contribution in [3.63, 3.8) is 0 Å². The molecule has 2 saturated carbocycles. The Hall–Kier alpha value is -2.10. The van der Waals surface area contributed by atoms with Crippen LogP contribution >= 0.6 is 0 Å². The Labute approximate surface area is 247 Å². The molecule has 0 heterocycles. The summed E-state index contributed by atoms with van der Waals surface area (Å²) in [6.45, 7) is 11.0. The van der Waals surface area contributed by atoms with Gasteiger partial charge >= 0.3 is 29.0 Å². The number of carbonyl (C=O) groups excluding carboxylic acids is 2. The molecule has 2 aromatic carbocycles. The average Bonchev–Trinajstić information content (AvgIpc) is 3.61. The van der Waals surface area contributed by atoms with E-state index in [2.05, 4.69) is 0 Å². The molecule has 2 atom stereocenters. The molecule has 0 aromatic heterocycles. The first-order valence-corrected chi connectivity index (χ1v) is 12.9. The summed E-state index contributed by atoms with van der Waals surface area (Å²) in [7, 11) is 0. The number of esters is 2. The Morgan fingerprint density at radius 1 is 0.538 bits per heavy atom. The molecule has 2 aromatic rings. The Morgan fingerprint density at radius 3 is 1.13 bits per heavy atom. The number of rotatable bonds is 6. The zero-order chi connectivity index (χ0) is 27.8. The number of benzene rings is 2. The Kier molecular flexibility index (Phi) is 12.8. The second kappa shape index (κ2) is 15.1. The van der Waals surface area contributed by atoms with E-state index in [-0.39, 0.29) is 29.0 Å². The molecule has 2 fully saturated rings. The van der Waals surface area contributed by atoms with E-state index in [1.807, 2.05) is 154 Å². The maximum Gasteiger partial charge on any atom is 2.00 e. The van der Waals surface area contributed by atoms with Gasteiger partial charge in [0.2, 0.25) is 0 Å². The molecule has 4 nitrogen and oxygen atoms in total. The van der Waals surface area contributed by atoms with Crippen LogP contribution in [0.4, 0.5) is 0 Å². The van der Waals surface area contributed by atoms with E-state index >= 15 is 0 Å². The molecule has 5 heteroatoms. The maximum atomic E-state index is 12.9. The van der Waals surface area contributed by atoms with E-state index in [9.17, 15) is 9.59 Å². The monoisotopic (exact) mass is 566 g/mol. The molecule has 2 aliphatic rings. The molecule has 2 aliphatic carbocycles. The van der Waals surface area contributed by atoms with Gasteiger partial charge in [-0.2, -0.15) is 0 Å². The number of ether oxygens (including phenoxy) is 2. The van der Waals surface area contributed by atoms with Crippen LogP contribution in [0, 0.1) is 74.0 Å². The SMILES string of the molecule is CC(C)(C)C(=O)O[C@H]([C]1[CH][CH][CH][C]1[C@@H](OC(=O)C(C)(C)C)c1ccccc1)c1ccccc1.[CH]1[CH][CH][CH][CH]1.[Fe+2]. The molecule has 0 saturated heterocycles. The second-order valence-corrected chi connectivity index (χ2v) is 11.3. The van der Waals surface area contributed by atoms with Crippen LogP contribution in [-0.2, 0) is 36.1 Å². The van der Waals surface area contributed by atoms with Crippen molar-refractivity contribution >= 4 is 11.9 Å². The molecule has 10 radical (unpaired) electrons. The van der Waals surface area contributed by atoms with Gasteiger partial charge in [0.1, 0.15) is 12.2 Å². The van der Waals surface area contributed by atoms with Crippen molar-refractivity contribution < 1.29 is 36.1 Å². The van der Waals surface area contributed by atoms with Crippen molar-refractivity contribution in [3.05, 3.63) is 135 Å². The summed E-state index contributed by atoms with van der Waals surface area (Å²) in [5.41, 5.74) is 0.405. The molecule has 39 heavy (non-hydrogen) atoms. The van der Waals surface area contributed by atoms with Crippen LogP contribution in [0.1, 0.15) is 64.9 Å². The van der Waals surface area contributed by atoms with Crippen LogP contribution in [0.5, 0.6) is 0 Å². The largest absolute Gasteiger partial charge is 2.00 e. The minimum absolute atomic E-state index is 0. The Bertz CT molecular complexity index is 918. The number of hydrogen-bond acceptors (Lipinski definition) is 4. The minimum atomic E-state index is -0.655. The molecule has 0 spiro atoms. The summed E-state index contributed by atoms with van der Waals surface area (Å²) in [6, 6.07) is 19.3. The van der Waals surface area contributed by atoms with Crippen molar-refractivity contribution in [3.8, 4) is 0 Å². The third kappa shape index (κ3) is 9.79. The molecule has 0 N–H and O–H groups in total. The quantitative estimate of drug-likeness (QED) is 0.269. The van der Waals surface area contributed by atoms with Gasteiger partial charge in [0.25, 0.3) is 0 Å². The van der Waals surface area contributed by atoms with Gasteiger partial charge in [0.05, 0.1) is 10.8 Å². The molecule has 0 aliphatic heterocycles. The Balaban J connectivity index is 0.000000797. The predicted octanol–water partition coefficient (Wildman–Crippen LogP) is 7.44. The first-order chi connectivity index (χ1) is 18.0. The van der Waals surface area contributed by atoms with Gasteiger partial charge in [-0.25, -0.2) is 0 Å². The fraction of sp³-hybridized carbons (Fsp3) is 0.294. The summed E-state index contributed by atoms with van der Waals surface area (Å²) >= 11 is 0. The van der Waals surface area contributed by atoms with E-state index < -0.39 is 23.0 Å². The summed E-state index contributed by atoms with van der Waals surface area (Å²) in [5, 5.41) is 0. The van der Waals surface area contributed by atoms with Crippen LogP contribution in [-0.4, -0.2) is 11.9 Å². The van der Waals surface area contributed by atoms with E-state index in [0.717, 1.165) is 23.0 Å². The van der Waals surface area contributed by atoms with Gasteiger partial charge in [0.15, 0.2) is 0 Å². The van der Waals surface area contributed by atoms with Gasteiger partial charge in [-0.05, 0) is 104 Å². The van der Waals surface area contributed by atoms with Crippen molar-refractivity contribution in [1.82, 2.24) is 0 Å². The molecular weight excluding hydrogens is 528 g/mol. The van der Waals surface area contributed by atoms with Crippen LogP contribution in [0.2, 0.25) is 0 Å². The van der Waals surface area contributed by atoms with E-state index in [1.54, 1.807) is 0 Å². The molecule has 0 unspecified atom stereocenters. The molecule has 204 valence electrons. The van der Waals surface area contributed by atoms with Crippen molar-refractivity contribution in [2.75, 3.05) is 0 Å².